The van der Waals surface area contributed by atoms with Crippen molar-refractivity contribution in [1.82, 2.24) is 0 Å². The van der Waals surface area contributed by atoms with Gasteiger partial charge in [0.05, 0.1) is 13.2 Å². The van der Waals surface area contributed by atoms with Crippen LogP contribution in [0.25, 0.3) is 0 Å². The van der Waals surface area contributed by atoms with Crippen molar-refractivity contribution < 1.29 is 53.0 Å². The molecule has 11 nitrogen and oxygen atoms in total. The average Bonchev–Trinajstić information content (AvgIpc) is 3.02. The molecule has 0 bridgehead atoms. The van der Waals surface area contributed by atoms with Crippen LogP contribution in [0.4, 0.5) is 0 Å². The second kappa shape index (κ2) is 8.68. The van der Waals surface area contributed by atoms with Gasteiger partial charge in [0, 0.05) is 20.9 Å². The Kier molecular flexibility index (Phi) is 7.34. The standard InChI is InChI=1S/C13H25O11P/c1-19-10-8(16)6(4-14)21-12(10)23-25(3,18)24-13-11(20-2)9(17)7(5-15)22-13/h6-17H,4-5H2,1-3H3/t6-,7-,8-,9-,10-,11-,12?,13?,25?/m1/s1. The molecule has 0 amide bonds. The van der Waals surface area contributed by atoms with E-state index in [0.717, 1.165) is 6.66 Å². The minimum atomic E-state index is -3.81. The number of aliphatic hydroxyl groups is 4. The maximum absolute atomic E-state index is 12.6. The third-order valence-electron chi connectivity index (χ3n) is 4.08. The SMILES string of the molecule is CO[C@H]1C(OP(C)(=O)OC2O[C@H](CO)[C@@H](O)[C@H]2OC)O[C@H](CO)[C@H]1O. The first-order valence-electron chi connectivity index (χ1n) is 7.66. The Balaban J connectivity index is 2.03. The lowest BCUT2D eigenvalue weighted by Crippen LogP contribution is -2.37. The van der Waals surface area contributed by atoms with Crippen molar-refractivity contribution >= 4 is 7.60 Å². The molecule has 12 heteroatoms. The molecule has 148 valence electrons. The van der Waals surface area contributed by atoms with Crippen LogP contribution in [0.3, 0.4) is 0 Å². The molecule has 0 saturated carbocycles. The summed E-state index contributed by atoms with van der Waals surface area (Å²) < 4.78 is 43.9. The number of methoxy groups -OCH3 is 2. The molecule has 2 fully saturated rings. The molecule has 2 unspecified atom stereocenters. The topological polar surface area (TPSA) is 153 Å². The van der Waals surface area contributed by atoms with Gasteiger partial charge in [-0.05, 0) is 0 Å². The van der Waals surface area contributed by atoms with E-state index in [2.05, 4.69) is 0 Å². The van der Waals surface area contributed by atoms with Gasteiger partial charge in [0.15, 0.2) is 12.6 Å². The lowest BCUT2D eigenvalue weighted by Gasteiger charge is -2.26. The molecular formula is C13H25O11P. The number of hydrogen-bond acceptors (Lipinski definition) is 11. The summed E-state index contributed by atoms with van der Waals surface area (Å²) in [5.41, 5.74) is 0. The minimum Gasteiger partial charge on any atom is -0.394 e. The van der Waals surface area contributed by atoms with E-state index in [9.17, 15) is 14.8 Å². The number of rotatable bonds is 8. The highest BCUT2D eigenvalue weighted by Gasteiger charge is 2.50. The molecule has 0 radical (unpaired) electrons. The van der Waals surface area contributed by atoms with Gasteiger partial charge in [0.2, 0.25) is 0 Å². The molecule has 2 rings (SSSR count). The summed E-state index contributed by atoms with van der Waals surface area (Å²) in [4.78, 5) is 0. The molecule has 8 atom stereocenters. The lowest BCUT2D eigenvalue weighted by atomic mass is 10.1. The van der Waals surface area contributed by atoms with Gasteiger partial charge in [-0.3, -0.25) is 13.6 Å². The molecule has 2 heterocycles. The second-order valence-electron chi connectivity index (χ2n) is 5.81. The van der Waals surface area contributed by atoms with Crippen LogP contribution in [0, 0.1) is 0 Å². The maximum atomic E-state index is 12.6. The molecule has 2 aliphatic rings. The molecule has 0 spiro atoms. The fourth-order valence-corrected chi connectivity index (χ4v) is 3.92. The van der Waals surface area contributed by atoms with E-state index in [4.69, 9.17) is 38.2 Å². The van der Waals surface area contributed by atoms with Gasteiger partial charge in [-0.1, -0.05) is 0 Å². The summed E-state index contributed by atoms with van der Waals surface area (Å²) in [6.07, 6.45) is -8.69. The van der Waals surface area contributed by atoms with Crippen LogP contribution in [0.15, 0.2) is 0 Å². The van der Waals surface area contributed by atoms with Gasteiger partial charge in [0.25, 0.3) is 0 Å². The number of hydrogen-bond donors (Lipinski definition) is 4. The molecule has 0 aromatic carbocycles. The fraction of sp³-hybridized carbons (Fsp3) is 1.00. The van der Waals surface area contributed by atoms with Gasteiger partial charge in [-0.25, -0.2) is 0 Å². The van der Waals surface area contributed by atoms with E-state index in [1.54, 1.807) is 0 Å². The first-order chi connectivity index (χ1) is 11.8. The maximum Gasteiger partial charge on any atom is 0.332 e. The van der Waals surface area contributed by atoms with E-state index in [1.165, 1.54) is 14.2 Å². The molecule has 0 aromatic rings. The second-order valence-corrected chi connectivity index (χ2v) is 7.78. The van der Waals surface area contributed by atoms with Crippen LogP contribution in [-0.2, 0) is 32.6 Å². The van der Waals surface area contributed by atoms with Crippen molar-refractivity contribution in [2.75, 3.05) is 34.1 Å². The molecule has 25 heavy (non-hydrogen) atoms. The Hall–Kier alpha value is -0.170. The van der Waals surface area contributed by atoms with Crippen LogP contribution in [0.1, 0.15) is 0 Å². The predicted octanol–water partition coefficient (Wildman–Crippen LogP) is -1.97. The van der Waals surface area contributed by atoms with Crippen LogP contribution < -0.4 is 0 Å². The van der Waals surface area contributed by atoms with E-state index in [1.807, 2.05) is 0 Å². The fourth-order valence-electron chi connectivity index (χ4n) is 2.78. The predicted molar refractivity (Wildman–Crippen MR) is 80.8 cm³/mol. The normalized spacial score (nSPS) is 44.1. The molecule has 0 aromatic heterocycles. The molecule has 0 aliphatic carbocycles. The number of ether oxygens (including phenoxy) is 4. The summed E-state index contributed by atoms with van der Waals surface area (Å²) in [6, 6.07) is 0. The Bertz CT molecular complexity index is 439. The zero-order valence-electron chi connectivity index (χ0n) is 14.1. The van der Waals surface area contributed by atoms with E-state index < -0.39 is 70.0 Å². The van der Waals surface area contributed by atoms with E-state index >= 15 is 0 Å². The third kappa shape index (κ3) is 4.57. The third-order valence-corrected chi connectivity index (χ3v) is 5.27. The van der Waals surface area contributed by atoms with Crippen molar-refractivity contribution in [2.24, 2.45) is 0 Å². The highest BCUT2D eigenvalue weighted by molar-refractivity contribution is 7.53. The Morgan fingerprint density at radius 1 is 0.880 bits per heavy atom. The summed E-state index contributed by atoms with van der Waals surface area (Å²) in [5, 5.41) is 38.2. The molecular weight excluding hydrogens is 363 g/mol. The lowest BCUT2D eigenvalue weighted by molar-refractivity contribution is -0.154. The van der Waals surface area contributed by atoms with Crippen molar-refractivity contribution in [1.29, 1.82) is 0 Å². The smallest absolute Gasteiger partial charge is 0.332 e. The van der Waals surface area contributed by atoms with Gasteiger partial charge in [0.1, 0.15) is 36.6 Å². The zero-order chi connectivity index (χ0) is 18.8. The van der Waals surface area contributed by atoms with E-state index in [0.29, 0.717) is 0 Å². The van der Waals surface area contributed by atoms with Crippen molar-refractivity contribution in [2.45, 2.75) is 49.2 Å². The first-order valence-corrected chi connectivity index (χ1v) is 9.65. The number of aliphatic hydroxyl groups excluding tert-OH is 4. The van der Waals surface area contributed by atoms with Gasteiger partial charge in [-0.15, -0.1) is 0 Å². The van der Waals surface area contributed by atoms with Crippen molar-refractivity contribution in [3.8, 4) is 0 Å². The largest absolute Gasteiger partial charge is 0.394 e. The van der Waals surface area contributed by atoms with Gasteiger partial charge < -0.3 is 39.4 Å². The van der Waals surface area contributed by atoms with E-state index in [-0.39, 0.29) is 0 Å². The van der Waals surface area contributed by atoms with Crippen LogP contribution in [0.5, 0.6) is 0 Å². The first kappa shape index (κ1) is 21.1. The quantitative estimate of drug-likeness (QED) is 0.342. The van der Waals surface area contributed by atoms with Crippen LogP contribution in [-0.4, -0.2) is 104 Å². The Labute approximate surface area is 144 Å². The summed E-state index contributed by atoms with van der Waals surface area (Å²) in [7, 11) is -1.21. The van der Waals surface area contributed by atoms with Crippen molar-refractivity contribution in [3.05, 3.63) is 0 Å². The average molecular weight is 388 g/mol. The van der Waals surface area contributed by atoms with Crippen LogP contribution >= 0.6 is 7.60 Å². The summed E-state index contributed by atoms with van der Waals surface area (Å²) in [6.45, 7) is 0.200. The molecule has 2 saturated heterocycles. The highest BCUT2D eigenvalue weighted by atomic mass is 31.2. The van der Waals surface area contributed by atoms with Gasteiger partial charge in [-0.2, -0.15) is 0 Å². The highest BCUT2D eigenvalue weighted by Crippen LogP contribution is 2.50. The summed E-state index contributed by atoms with van der Waals surface area (Å²) >= 11 is 0. The minimum absolute atomic E-state index is 0.475. The monoisotopic (exact) mass is 388 g/mol. The zero-order valence-corrected chi connectivity index (χ0v) is 15.0. The summed E-state index contributed by atoms with van der Waals surface area (Å²) in [5.74, 6) is 0. The molecule has 4 N–H and O–H groups in total. The Morgan fingerprint density at radius 2 is 1.24 bits per heavy atom. The van der Waals surface area contributed by atoms with Gasteiger partial charge >= 0.3 is 7.60 Å². The van der Waals surface area contributed by atoms with Crippen molar-refractivity contribution in [3.63, 3.8) is 0 Å². The Morgan fingerprint density at radius 3 is 1.52 bits per heavy atom. The molecule has 2 aliphatic heterocycles. The van der Waals surface area contributed by atoms with Crippen LogP contribution in [0.2, 0.25) is 0 Å².